The first kappa shape index (κ1) is 23.7. The Morgan fingerprint density at radius 1 is 0.941 bits per heavy atom. The minimum absolute atomic E-state index is 0.0232. The van der Waals surface area contributed by atoms with E-state index in [0.29, 0.717) is 0 Å². The molecule has 0 amide bonds. The van der Waals surface area contributed by atoms with Crippen molar-refractivity contribution in [3.63, 3.8) is 0 Å². The number of methoxy groups -OCH3 is 1. The molecule has 1 fully saturated rings. The quantitative estimate of drug-likeness (QED) is 0.205. The molecule has 0 radical (unpaired) electrons. The molecule has 12 heteroatoms. The summed E-state index contributed by atoms with van der Waals surface area (Å²) in [5.74, 6) is -1.50. The number of aromatic hydroxyl groups is 5. The third kappa shape index (κ3) is 4.13. The van der Waals surface area contributed by atoms with Crippen LogP contribution in [-0.2, 0) is 9.47 Å². The molecule has 0 aliphatic carbocycles. The third-order valence-electron chi connectivity index (χ3n) is 5.66. The monoisotopic (exact) mass is 481 g/mol. The van der Waals surface area contributed by atoms with Gasteiger partial charge >= 0.3 is 0 Å². The number of ether oxygens (including phenoxy) is 4. The number of aliphatic hydroxyl groups is 5. The molecule has 2 aliphatic rings. The summed E-state index contributed by atoms with van der Waals surface area (Å²) in [5, 5.41) is 80.2. The average molecular weight is 481 g/mol. The lowest BCUT2D eigenvalue weighted by Gasteiger charge is -2.40. The maximum atomic E-state index is 10.4. The summed E-state index contributed by atoms with van der Waals surface area (Å²) in [5.41, 5.74) is 0.431. The molecule has 2 heterocycles. The second-order valence-electron chi connectivity index (χ2n) is 7.88. The van der Waals surface area contributed by atoms with Gasteiger partial charge in [0.2, 0.25) is 12.0 Å². The molecule has 2 aromatic rings. The lowest BCUT2D eigenvalue weighted by atomic mass is 9.98. The molecule has 0 spiro atoms. The largest absolute Gasteiger partial charge is 0.571 e. The molecule has 12 nitrogen and oxygen atoms in total. The SMILES string of the molecule is COc1cc(C2[OH+]c3cc(O)cc(O)c3C=C2O[C@@H]2O[C@H](CO)[C@@H](O)[C@H](O)[C@H]2O)cc(O)c1O. The van der Waals surface area contributed by atoms with Crippen molar-refractivity contribution < 1.29 is 59.8 Å². The molecule has 2 aromatic carbocycles. The van der Waals surface area contributed by atoms with Gasteiger partial charge in [-0.3, -0.25) is 0 Å². The highest BCUT2D eigenvalue weighted by Gasteiger charge is 2.46. The van der Waals surface area contributed by atoms with Crippen LogP contribution in [0.2, 0.25) is 0 Å². The van der Waals surface area contributed by atoms with Gasteiger partial charge in [-0.05, 0) is 12.1 Å². The van der Waals surface area contributed by atoms with Gasteiger partial charge in [0.05, 0.1) is 25.3 Å². The molecule has 6 atom stereocenters. The van der Waals surface area contributed by atoms with E-state index in [1.165, 1.54) is 31.4 Å². The zero-order valence-electron chi connectivity index (χ0n) is 17.8. The van der Waals surface area contributed by atoms with Gasteiger partial charge in [0.1, 0.15) is 41.5 Å². The van der Waals surface area contributed by atoms with Crippen molar-refractivity contribution in [2.45, 2.75) is 36.8 Å². The van der Waals surface area contributed by atoms with Crippen molar-refractivity contribution in [2.24, 2.45) is 0 Å². The van der Waals surface area contributed by atoms with Gasteiger partial charge in [0.15, 0.2) is 17.3 Å². The van der Waals surface area contributed by atoms with Gasteiger partial charge in [-0.1, -0.05) is 0 Å². The van der Waals surface area contributed by atoms with E-state index in [-0.39, 0.29) is 39.9 Å². The molecule has 0 saturated carbocycles. The maximum absolute atomic E-state index is 10.4. The topological polar surface area (TPSA) is 202 Å². The fraction of sp³-hybridized carbons (Fsp3) is 0.364. The average Bonchev–Trinajstić information content (AvgIpc) is 2.81. The number of hydrogen-bond acceptors (Lipinski definition) is 11. The lowest BCUT2D eigenvalue weighted by molar-refractivity contribution is -0.295. The number of phenolic OH excluding ortho intramolecular Hbond substituents is 4. The van der Waals surface area contributed by atoms with Crippen LogP contribution in [0.3, 0.4) is 0 Å². The van der Waals surface area contributed by atoms with E-state index in [4.69, 9.17) is 14.2 Å². The van der Waals surface area contributed by atoms with Crippen LogP contribution in [-0.4, -0.2) is 90.0 Å². The van der Waals surface area contributed by atoms with Gasteiger partial charge in [0, 0.05) is 12.1 Å². The van der Waals surface area contributed by atoms with Crippen LogP contribution in [0.25, 0.3) is 6.08 Å². The lowest BCUT2D eigenvalue weighted by Crippen LogP contribution is -2.59. The molecular formula is C22H25O12+. The number of benzene rings is 2. The normalized spacial score (nSPS) is 28.4. The van der Waals surface area contributed by atoms with Gasteiger partial charge in [-0.15, -0.1) is 0 Å². The molecule has 34 heavy (non-hydrogen) atoms. The smallest absolute Gasteiger partial charge is 0.270 e. The predicted molar refractivity (Wildman–Crippen MR) is 113 cm³/mol. The Kier molecular flexibility index (Phi) is 6.34. The van der Waals surface area contributed by atoms with Crippen LogP contribution in [0.15, 0.2) is 30.0 Å². The maximum Gasteiger partial charge on any atom is 0.270 e. The second kappa shape index (κ2) is 9.08. The molecule has 1 unspecified atom stereocenters. The first-order chi connectivity index (χ1) is 16.1. The highest BCUT2D eigenvalue weighted by molar-refractivity contribution is 5.69. The van der Waals surface area contributed by atoms with Crippen LogP contribution in [0.1, 0.15) is 17.2 Å². The summed E-state index contributed by atoms with van der Waals surface area (Å²) < 4.78 is 20.8. The molecule has 4 rings (SSSR count). The Hall–Kier alpha value is -3.42. The zero-order chi connectivity index (χ0) is 24.7. The van der Waals surface area contributed by atoms with Crippen LogP contribution in [0, 0.1) is 0 Å². The summed E-state index contributed by atoms with van der Waals surface area (Å²) in [4.78, 5) is 0. The number of fused-ring (bicyclic) bond motifs is 1. The van der Waals surface area contributed by atoms with Crippen molar-refractivity contribution in [3.05, 3.63) is 41.2 Å². The van der Waals surface area contributed by atoms with Crippen molar-refractivity contribution >= 4 is 6.08 Å². The predicted octanol–water partition coefficient (Wildman–Crippen LogP) is -0.329. The van der Waals surface area contributed by atoms with Crippen LogP contribution < -0.4 is 4.74 Å². The van der Waals surface area contributed by atoms with E-state index >= 15 is 0 Å². The second-order valence-corrected chi connectivity index (χ2v) is 7.88. The Balaban J connectivity index is 1.77. The van der Waals surface area contributed by atoms with E-state index < -0.39 is 54.9 Å². The summed E-state index contributed by atoms with van der Waals surface area (Å²) in [6.45, 7) is -0.663. The van der Waals surface area contributed by atoms with Crippen molar-refractivity contribution in [1.82, 2.24) is 0 Å². The number of rotatable bonds is 5. The van der Waals surface area contributed by atoms with Gasteiger partial charge in [0.25, 0.3) is 11.9 Å². The fourth-order valence-corrected chi connectivity index (χ4v) is 3.85. The molecule has 0 bridgehead atoms. The third-order valence-corrected chi connectivity index (χ3v) is 5.66. The molecule has 2 aliphatic heterocycles. The van der Waals surface area contributed by atoms with Crippen LogP contribution in [0.5, 0.6) is 34.5 Å². The Morgan fingerprint density at radius 2 is 1.68 bits per heavy atom. The van der Waals surface area contributed by atoms with E-state index in [1.54, 1.807) is 0 Å². The van der Waals surface area contributed by atoms with Gasteiger partial charge < -0.3 is 59.8 Å². The molecule has 1 saturated heterocycles. The van der Waals surface area contributed by atoms with Crippen molar-refractivity contribution in [2.75, 3.05) is 13.7 Å². The number of aliphatic hydroxyl groups excluding tert-OH is 4. The fourth-order valence-electron chi connectivity index (χ4n) is 3.85. The Morgan fingerprint density at radius 3 is 2.35 bits per heavy atom. The molecular weight excluding hydrogens is 456 g/mol. The van der Waals surface area contributed by atoms with Gasteiger partial charge in [-0.2, -0.15) is 0 Å². The highest BCUT2D eigenvalue weighted by atomic mass is 16.7. The summed E-state index contributed by atoms with van der Waals surface area (Å²) in [6.07, 6.45) is -7.46. The summed E-state index contributed by atoms with van der Waals surface area (Å²) >= 11 is 0. The molecule has 9 N–H and O–H groups in total. The van der Waals surface area contributed by atoms with Crippen LogP contribution >= 0.6 is 0 Å². The van der Waals surface area contributed by atoms with Crippen molar-refractivity contribution in [1.29, 1.82) is 0 Å². The highest BCUT2D eigenvalue weighted by Crippen LogP contribution is 2.47. The first-order valence-electron chi connectivity index (χ1n) is 10.2. The minimum Gasteiger partial charge on any atom is -0.571 e. The first-order valence-corrected chi connectivity index (χ1v) is 10.2. The number of hydrogen-bond donors (Lipinski definition) is 8. The Labute approximate surface area is 192 Å². The molecule has 0 aromatic heterocycles. The minimum atomic E-state index is -1.71. The van der Waals surface area contributed by atoms with Crippen molar-refractivity contribution in [3.8, 4) is 34.5 Å². The van der Waals surface area contributed by atoms with E-state index in [0.717, 1.165) is 6.07 Å². The van der Waals surface area contributed by atoms with Crippen LogP contribution in [0.4, 0.5) is 0 Å². The zero-order valence-corrected chi connectivity index (χ0v) is 17.8. The van der Waals surface area contributed by atoms with E-state index in [2.05, 4.69) is 4.74 Å². The van der Waals surface area contributed by atoms with Gasteiger partial charge in [-0.25, -0.2) is 0 Å². The van der Waals surface area contributed by atoms with E-state index in [9.17, 15) is 40.9 Å². The molecule has 184 valence electrons. The Bertz CT molecular complexity index is 1100. The standard InChI is InChI=1S/C22H24O12/c1-31-14-3-8(2-12(26)17(14)27)21-15(6-10-11(25)4-9(24)5-13(10)32-21)33-22-20(30)19(29)18(28)16(7-23)34-22/h2-6,16,18-30H,7H2,1H3/p+1/t16-,18-,19+,20-,21?,22-/m1/s1. The summed E-state index contributed by atoms with van der Waals surface area (Å²) in [6, 6.07) is 4.96. The number of phenols is 4. The summed E-state index contributed by atoms with van der Waals surface area (Å²) in [7, 11) is 1.28. The van der Waals surface area contributed by atoms with E-state index in [1.807, 2.05) is 0 Å².